The average molecular weight is 178 g/mol. The molecule has 1 aromatic carbocycles. The smallest absolute Gasteiger partial charge is 0.273 e. The first-order valence-corrected chi connectivity index (χ1v) is 3.63. The summed E-state index contributed by atoms with van der Waals surface area (Å²) >= 11 is 0. The van der Waals surface area contributed by atoms with Crippen molar-refractivity contribution in [2.75, 3.05) is 0 Å². The van der Waals surface area contributed by atoms with Crippen LogP contribution in [0.4, 0.5) is 5.69 Å². The highest BCUT2D eigenvalue weighted by molar-refractivity contribution is 5.87. The van der Waals surface area contributed by atoms with Crippen LogP contribution in [0.3, 0.4) is 0 Å². The van der Waals surface area contributed by atoms with Crippen LogP contribution in [0.2, 0.25) is 0 Å². The van der Waals surface area contributed by atoms with E-state index in [0.717, 1.165) is 6.07 Å². The predicted octanol–water partition coefficient (Wildman–Crippen LogP) is 1.78. The maximum absolute atomic E-state index is 10.4. The summed E-state index contributed by atoms with van der Waals surface area (Å²) in [5.74, 6) is -0.103. The number of aromatic nitrogens is 1. The number of hydrogen-bond donors (Lipinski definition) is 2. The van der Waals surface area contributed by atoms with Crippen molar-refractivity contribution >= 4 is 16.6 Å². The zero-order valence-corrected chi connectivity index (χ0v) is 6.52. The SMILES string of the molecule is O=[N+]([O-])c1cc(O)c2[nH]ccc2c1. The van der Waals surface area contributed by atoms with Gasteiger partial charge >= 0.3 is 0 Å². The molecule has 5 nitrogen and oxygen atoms in total. The first kappa shape index (κ1) is 7.60. The lowest BCUT2D eigenvalue weighted by Gasteiger charge is -1.95. The van der Waals surface area contributed by atoms with E-state index in [1.165, 1.54) is 6.07 Å². The quantitative estimate of drug-likeness (QED) is 0.516. The Morgan fingerprint density at radius 3 is 2.92 bits per heavy atom. The number of fused-ring (bicyclic) bond motifs is 1. The van der Waals surface area contributed by atoms with E-state index in [9.17, 15) is 15.2 Å². The lowest BCUT2D eigenvalue weighted by molar-refractivity contribution is -0.384. The Kier molecular flexibility index (Phi) is 1.45. The molecular formula is C8H6N2O3. The fourth-order valence-corrected chi connectivity index (χ4v) is 1.24. The number of nitrogens with zero attached hydrogens (tertiary/aromatic N) is 1. The number of rotatable bonds is 1. The lowest BCUT2D eigenvalue weighted by atomic mass is 10.2. The Morgan fingerprint density at radius 1 is 1.46 bits per heavy atom. The Labute approximate surface area is 72.8 Å². The first-order chi connectivity index (χ1) is 6.18. The minimum absolute atomic E-state index is 0.103. The van der Waals surface area contributed by atoms with Crippen LogP contribution in [0.25, 0.3) is 10.9 Å². The van der Waals surface area contributed by atoms with Crippen LogP contribution < -0.4 is 0 Å². The number of non-ortho nitro benzene ring substituents is 1. The van der Waals surface area contributed by atoms with Crippen molar-refractivity contribution in [3.05, 3.63) is 34.5 Å². The molecule has 0 fully saturated rings. The van der Waals surface area contributed by atoms with E-state index < -0.39 is 4.92 Å². The van der Waals surface area contributed by atoms with Crippen molar-refractivity contribution in [1.29, 1.82) is 0 Å². The molecule has 0 amide bonds. The zero-order chi connectivity index (χ0) is 9.42. The lowest BCUT2D eigenvalue weighted by Crippen LogP contribution is -1.86. The average Bonchev–Trinajstić information content (AvgIpc) is 2.51. The molecule has 0 aliphatic carbocycles. The van der Waals surface area contributed by atoms with Gasteiger partial charge in [0, 0.05) is 17.6 Å². The summed E-state index contributed by atoms with van der Waals surface area (Å²) in [5.41, 5.74) is 0.412. The fraction of sp³-hybridized carbons (Fsp3) is 0. The number of H-pyrrole nitrogens is 1. The molecule has 66 valence electrons. The highest BCUT2D eigenvalue weighted by atomic mass is 16.6. The molecule has 1 heterocycles. The van der Waals surface area contributed by atoms with Gasteiger partial charge in [-0.1, -0.05) is 0 Å². The number of benzene rings is 1. The van der Waals surface area contributed by atoms with Gasteiger partial charge in [0.15, 0.2) is 0 Å². The van der Waals surface area contributed by atoms with Crippen LogP contribution in [0.5, 0.6) is 5.75 Å². The minimum atomic E-state index is -0.536. The number of phenols is 1. The van der Waals surface area contributed by atoms with E-state index in [4.69, 9.17) is 0 Å². The van der Waals surface area contributed by atoms with Gasteiger partial charge in [-0.15, -0.1) is 0 Å². The molecule has 1 aromatic heterocycles. The van der Waals surface area contributed by atoms with Gasteiger partial charge < -0.3 is 10.1 Å². The van der Waals surface area contributed by atoms with E-state index in [1.807, 2.05) is 0 Å². The van der Waals surface area contributed by atoms with Gasteiger partial charge in [-0.2, -0.15) is 0 Å². The van der Waals surface area contributed by atoms with Crippen LogP contribution in [0, 0.1) is 10.1 Å². The molecule has 0 saturated carbocycles. The van der Waals surface area contributed by atoms with Gasteiger partial charge in [-0.05, 0) is 6.07 Å². The molecule has 2 aromatic rings. The summed E-state index contributed by atoms with van der Waals surface area (Å²) in [4.78, 5) is 12.6. The Hall–Kier alpha value is -2.04. The number of aromatic amines is 1. The summed E-state index contributed by atoms with van der Waals surface area (Å²) in [6.07, 6.45) is 1.62. The van der Waals surface area contributed by atoms with Crippen LogP contribution in [-0.2, 0) is 0 Å². The fourth-order valence-electron chi connectivity index (χ4n) is 1.24. The molecule has 2 rings (SSSR count). The molecule has 5 heteroatoms. The highest BCUT2D eigenvalue weighted by Crippen LogP contribution is 2.28. The van der Waals surface area contributed by atoms with Gasteiger partial charge in [0.1, 0.15) is 5.75 Å². The van der Waals surface area contributed by atoms with Crippen molar-refractivity contribution in [2.45, 2.75) is 0 Å². The van der Waals surface area contributed by atoms with E-state index in [0.29, 0.717) is 10.9 Å². The Morgan fingerprint density at radius 2 is 2.23 bits per heavy atom. The standard InChI is InChI=1S/C8H6N2O3/c11-7-4-6(10(12)13)3-5-1-2-9-8(5)7/h1-4,9,11H. The third kappa shape index (κ3) is 1.10. The highest BCUT2D eigenvalue weighted by Gasteiger charge is 2.10. The summed E-state index contributed by atoms with van der Waals surface area (Å²) in [6.45, 7) is 0. The number of aromatic hydroxyl groups is 1. The van der Waals surface area contributed by atoms with Crippen molar-refractivity contribution in [3.8, 4) is 5.75 Å². The minimum Gasteiger partial charge on any atom is -0.505 e. The van der Waals surface area contributed by atoms with E-state index in [2.05, 4.69) is 4.98 Å². The molecule has 0 aliphatic rings. The molecule has 0 bridgehead atoms. The van der Waals surface area contributed by atoms with Crippen molar-refractivity contribution < 1.29 is 10.0 Å². The van der Waals surface area contributed by atoms with Crippen molar-refractivity contribution in [3.63, 3.8) is 0 Å². The largest absolute Gasteiger partial charge is 0.505 e. The van der Waals surface area contributed by atoms with Gasteiger partial charge in [-0.25, -0.2) is 0 Å². The molecule has 13 heavy (non-hydrogen) atoms. The molecule has 0 saturated heterocycles. The van der Waals surface area contributed by atoms with Gasteiger partial charge in [-0.3, -0.25) is 10.1 Å². The molecule has 0 spiro atoms. The summed E-state index contributed by atoms with van der Waals surface area (Å²) in [6, 6.07) is 4.20. The van der Waals surface area contributed by atoms with Crippen LogP contribution in [-0.4, -0.2) is 15.0 Å². The molecule has 0 atom stereocenters. The number of hydrogen-bond acceptors (Lipinski definition) is 3. The van der Waals surface area contributed by atoms with Crippen molar-refractivity contribution in [2.24, 2.45) is 0 Å². The first-order valence-electron chi connectivity index (χ1n) is 3.63. The summed E-state index contributed by atoms with van der Waals surface area (Å²) in [7, 11) is 0. The second-order valence-corrected chi connectivity index (χ2v) is 2.66. The topological polar surface area (TPSA) is 79.2 Å². The molecular weight excluding hydrogens is 172 g/mol. The van der Waals surface area contributed by atoms with E-state index >= 15 is 0 Å². The second kappa shape index (κ2) is 2.48. The third-order valence-corrected chi connectivity index (χ3v) is 1.83. The summed E-state index contributed by atoms with van der Waals surface area (Å²) in [5, 5.41) is 20.4. The number of phenolic OH excluding ortho intramolecular Hbond substituents is 1. The van der Waals surface area contributed by atoms with Gasteiger partial charge in [0.25, 0.3) is 5.69 Å². The molecule has 0 radical (unpaired) electrons. The maximum atomic E-state index is 10.4. The van der Waals surface area contributed by atoms with E-state index in [-0.39, 0.29) is 11.4 Å². The number of nitrogens with one attached hydrogen (secondary N) is 1. The predicted molar refractivity (Wildman–Crippen MR) is 46.6 cm³/mol. The van der Waals surface area contributed by atoms with Crippen LogP contribution in [0.1, 0.15) is 0 Å². The number of nitro groups is 1. The Bertz CT molecular complexity index is 475. The third-order valence-electron chi connectivity index (χ3n) is 1.83. The molecule has 2 N–H and O–H groups in total. The maximum Gasteiger partial charge on any atom is 0.273 e. The summed E-state index contributed by atoms with van der Waals surface area (Å²) < 4.78 is 0. The Balaban J connectivity index is 2.77. The number of nitro benzene ring substituents is 1. The second-order valence-electron chi connectivity index (χ2n) is 2.66. The molecule has 0 aliphatic heterocycles. The normalized spacial score (nSPS) is 10.5. The van der Waals surface area contributed by atoms with Gasteiger partial charge in [0.05, 0.1) is 16.5 Å². The molecule has 0 unspecified atom stereocenters. The van der Waals surface area contributed by atoms with Gasteiger partial charge in [0.2, 0.25) is 0 Å². The monoisotopic (exact) mass is 178 g/mol. The van der Waals surface area contributed by atoms with Crippen LogP contribution >= 0.6 is 0 Å². The van der Waals surface area contributed by atoms with E-state index in [1.54, 1.807) is 12.3 Å². The van der Waals surface area contributed by atoms with Crippen molar-refractivity contribution in [1.82, 2.24) is 4.98 Å². The van der Waals surface area contributed by atoms with Crippen LogP contribution in [0.15, 0.2) is 24.4 Å². The zero-order valence-electron chi connectivity index (χ0n) is 6.52.